The lowest BCUT2D eigenvalue weighted by Crippen LogP contribution is -1.92. The maximum absolute atomic E-state index is 4.25. The summed E-state index contributed by atoms with van der Waals surface area (Å²) in [6.07, 6.45) is 3.75. The highest BCUT2D eigenvalue weighted by atomic mass is 35.5. The van der Waals surface area contributed by atoms with Crippen LogP contribution in [-0.2, 0) is 0 Å². The zero-order valence-corrected chi connectivity index (χ0v) is 12.7. The van der Waals surface area contributed by atoms with Crippen molar-refractivity contribution in [3.05, 3.63) is 85.3 Å². The highest BCUT2D eigenvalue weighted by Crippen LogP contribution is 2.32. The minimum absolute atomic E-state index is 0. The fraction of sp³-hybridized carbons (Fsp3) is 0. The number of imidazole rings is 1. The van der Waals surface area contributed by atoms with Crippen LogP contribution in [0.4, 0.5) is 0 Å². The fourth-order valence-electron chi connectivity index (χ4n) is 2.74. The Bertz CT molecular complexity index is 897. The number of hydrogen-bond donors (Lipinski definition) is 0. The molecule has 0 saturated heterocycles. The molecule has 0 spiro atoms. The van der Waals surface area contributed by atoms with E-state index in [9.17, 15) is 0 Å². The van der Waals surface area contributed by atoms with Gasteiger partial charge < -0.3 is 0 Å². The minimum atomic E-state index is 0. The number of halogens is 1. The molecule has 2 aromatic heterocycles. The average molecular weight is 307 g/mol. The molecule has 2 nitrogen and oxygen atoms in total. The van der Waals surface area contributed by atoms with Crippen LogP contribution >= 0.6 is 12.4 Å². The van der Waals surface area contributed by atoms with Crippen molar-refractivity contribution in [2.45, 2.75) is 0 Å². The van der Waals surface area contributed by atoms with Gasteiger partial charge in [-0.2, -0.15) is 0 Å². The Morgan fingerprint density at radius 2 is 1.41 bits per heavy atom. The fourth-order valence-corrected chi connectivity index (χ4v) is 2.74. The smallest absolute Gasteiger partial charge is 0.0997 e. The van der Waals surface area contributed by atoms with E-state index in [2.05, 4.69) is 76.1 Å². The number of hydrogen-bond acceptors (Lipinski definition) is 1. The average Bonchev–Trinajstić information content (AvgIpc) is 3.04. The lowest BCUT2D eigenvalue weighted by atomic mass is 9.97. The number of rotatable bonds is 2. The van der Waals surface area contributed by atoms with Gasteiger partial charge in [0, 0.05) is 5.56 Å². The van der Waals surface area contributed by atoms with Gasteiger partial charge in [-0.1, -0.05) is 60.7 Å². The molecule has 22 heavy (non-hydrogen) atoms. The van der Waals surface area contributed by atoms with Crippen LogP contribution in [0.5, 0.6) is 0 Å². The predicted molar refractivity (Wildman–Crippen MR) is 93.3 cm³/mol. The summed E-state index contributed by atoms with van der Waals surface area (Å²) >= 11 is 0. The number of nitrogens with zero attached hydrogens (tertiary/aromatic N) is 2. The molecular weight excluding hydrogens is 292 g/mol. The number of aromatic nitrogens is 2. The zero-order chi connectivity index (χ0) is 14.1. The molecule has 0 aliphatic rings. The van der Waals surface area contributed by atoms with Crippen molar-refractivity contribution in [1.29, 1.82) is 0 Å². The quantitative estimate of drug-likeness (QED) is 0.504. The topological polar surface area (TPSA) is 17.3 Å². The van der Waals surface area contributed by atoms with E-state index in [0.717, 1.165) is 11.2 Å². The molecule has 0 bridgehead atoms. The molecule has 0 saturated carbocycles. The maximum Gasteiger partial charge on any atom is 0.0997 e. The van der Waals surface area contributed by atoms with Crippen molar-refractivity contribution in [1.82, 2.24) is 9.38 Å². The van der Waals surface area contributed by atoms with Crippen LogP contribution in [0.25, 0.3) is 27.9 Å². The lowest BCUT2D eigenvalue weighted by molar-refractivity contribution is 1.16. The van der Waals surface area contributed by atoms with E-state index < -0.39 is 0 Å². The summed E-state index contributed by atoms with van der Waals surface area (Å²) in [5.41, 5.74) is 5.94. The summed E-state index contributed by atoms with van der Waals surface area (Å²) in [6, 6.07) is 25.3. The Morgan fingerprint density at radius 1 is 0.682 bits per heavy atom. The summed E-state index contributed by atoms with van der Waals surface area (Å²) in [5, 5.41) is 0. The van der Waals surface area contributed by atoms with E-state index in [0.29, 0.717) is 0 Å². The molecular formula is C19H15ClN2. The van der Waals surface area contributed by atoms with Crippen LogP contribution in [0.3, 0.4) is 0 Å². The Hall–Kier alpha value is -2.58. The highest BCUT2D eigenvalue weighted by molar-refractivity contribution is 5.85. The summed E-state index contributed by atoms with van der Waals surface area (Å²) < 4.78 is 2.13. The van der Waals surface area contributed by atoms with Crippen LogP contribution in [0.15, 0.2) is 85.3 Å². The van der Waals surface area contributed by atoms with Crippen LogP contribution < -0.4 is 0 Å². The van der Waals surface area contributed by atoms with E-state index in [-0.39, 0.29) is 12.4 Å². The summed E-state index contributed by atoms with van der Waals surface area (Å²) in [5.74, 6) is 0. The second-order valence-electron chi connectivity index (χ2n) is 5.01. The first-order chi connectivity index (χ1) is 10.4. The van der Waals surface area contributed by atoms with Gasteiger partial charge in [0.25, 0.3) is 0 Å². The van der Waals surface area contributed by atoms with Gasteiger partial charge in [0.1, 0.15) is 0 Å². The molecule has 0 aliphatic heterocycles. The third-order valence-electron chi connectivity index (χ3n) is 3.74. The Balaban J connectivity index is 0.00000144. The van der Waals surface area contributed by atoms with Crippen molar-refractivity contribution < 1.29 is 0 Å². The third-order valence-corrected chi connectivity index (χ3v) is 3.74. The predicted octanol–water partition coefficient (Wildman–Crippen LogP) is 5.09. The van der Waals surface area contributed by atoms with E-state index in [1.807, 2.05) is 18.6 Å². The number of fused-ring (bicyclic) bond motifs is 1. The molecule has 0 amide bonds. The van der Waals surface area contributed by atoms with Crippen LogP contribution in [-0.4, -0.2) is 9.38 Å². The monoisotopic (exact) mass is 306 g/mol. The van der Waals surface area contributed by atoms with Crippen LogP contribution in [0.2, 0.25) is 0 Å². The van der Waals surface area contributed by atoms with E-state index >= 15 is 0 Å². The van der Waals surface area contributed by atoms with Crippen LogP contribution in [0.1, 0.15) is 0 Å². The lowest BCUT2D eigenvalue weighted by Gasteiger charge is -2.12. The normalized spacial score (nSPS) is 10.4. The Labute approximate surface area is 135 Å². The van der Waals surface area contributed by atoms with Gasteiger partial charge in [-0.3, -0.25) is 4.40 Å². The van der Waals surface area contributed by atoms with E-state index in [4.69, 9.17) is 0 Å². The van der Waals surface area contributed by atoms with Crippen molar-refractivity contribution in [3.63, 3.8) is 0 Å². The molecule has 3 heteroatoms. The number of benzene rings is 2. The first-order valence-electron chi connectivity index (χ1n) is 6.99. The second kappa shape index (κ2) is 6.04. The first kappa shape index (κ1) is 14.4. The van der Waals surface area contributed by atoms with Gasteiger partial charge in [-0.15, -0.1) is 12.4 Å². The minimum Gasteiger partial charge on any atom is -0.299 e. The van der Waals surface area contributed by atoms with Crippen molar-refractivity contribution >= 4 is 17.9 Å². The Morgan fingerprint density at radius 3 is 2.23 bits per heavy atom. The van der Waals surface area contributed by atoms with Gasteiger partial charge in [0.2, 0.25) is 0 Å². The van der Waals surface area contributed by atoms with Gasteiger partial charge >= 0.3 is 0 Å². The first-order valence-corrected chi connectivity index (χ1v) is 6.99. The van der Waals surface area contributed by atoms with Crippen molar-refractivity contribution in [2.75, 3.05) is 0 Å². The van der Waals surface area contributed by atoms with Gasteiger partial charge in [0.05, 0.1) is 23.7 Å². The molecule has 0 radical (unpaired) electrons. The molecule has 0 unspecified atom stereocenters. The van der Waals surface area contributed by atoms with Crippen molar-refractivity contribution in [3.8, 4) is 22.4 Å². The molecule has 0 aliphatic carbocycles. The van der Waals surface area contributed by atoms with Gasteiger partial charge in [-0.05, 0) is 23.3 Å². The molecule has 2 aromatic carbocycles. The molecule has 4 rings (SSSR count). The standard InChI is InChI=1S/C19H14N2.ClH/c1-2-7-15(8-3-1)17-10-4-5-11-18(17)19-12-6-9-16-13-20-14-21(16)19;/h1-14H;1H. The summed E-state index contributed by atoms with van der Waals surface area (Å²) in [7, 11) is 0. The molecule has 108 valence electrons. The SMILES string of the molecule is Cl.c1ccc(-c2ccccc2-c2cccc3cncn23)cc1. The molecule has 0 fully saturated rings. The van der Waals surface area contributed by atoms with Gasteiger partial charge in [0.15, 0.2) is 0 Å². The zero-order valence-electron chi connectivity index (χ0n) is 11.9. The summed E-state index contributed by atoms with van der Waals surface area (Å²) in [6.45, 7) is 0. The largest absolute Gasteiger partial charge is 0.299 e. The maximum atomic E-state index is 4.25. The molecule has 0 N–H and O–H groups in total. The van der Waals surface area contributed by atoms with Gasteiger partial charge in [-0.25, -0.2) is 4.98 Å². The number of pyridine rings is 1. The highest BCUT2D eigenvalue weighted by Gasteiger charge is 2.09. The van der Waals surface area contributed by atoms with Crippen LogP contribution in [0, 0.1) is 0 Å². The molecule has 2 heterocycles. The molecule has 0 atom stereocenters. The molecule has 4 aromatic rings. The third kappa shape index (κ3) is 2.38. The summed E-state index contributed by atoms with van der Waals surface area (Å²) in [4.78, 5) is 4.25. The van der Waals surface area contributed by atoms with E-state index in [1.165, 1.54) is 16.7 Å². The van der Waals surface area contributed by atoms with Crippen molar-refractivity contribution in [2.24, 2.45) is 0 Å². The second-order valence-corrected chi connectivity index (χ2v) is 5.01. The van der Waals surface area contributed by atoms with E-state index in [1.54, 1.807) is 0 Å². The Kier molecular flexibility index (Phi) is 3.94.